The third-order valence-corrected chi connectivity index (χ3v) is 3.53. The van der Waals surface area contributed by atoms with E-state index >= 15 is 0 Å². The molecule has 0 unspecified atom stereocenters. The van der Waals surface area contributed by atoms with Gasteiger partial charge >= 0.3 is 0 Å². The SMILES string of the molecule is Nc1ccc(F)cc1-c1ccc(Cc2ccccc2)cc1. The zero-order chi connectivity index (χ0) is 14.7. The van der Waals surface area contributed by atoms with Gasteiger partial charge in [-0.2, -0.15) is 0 Å². The summed E-state index contributed by atoms with van der Waals surface area (Å²) in [6, 6.07) is 22.9. The molecule has 0 aromatic heterocycles. The summed E-state index contributed by atoms with van der Waals surface area (Å²) in [5.74, 6) is -0.271. The van der Waals surface area contributed by atoms with Crippen molar-refractivity contribution in [3.63, 3.8) is 0 Å². The lowest BCUT2D eigenvalue weighted by Crippen LogP contribution is -1.92. The smallest absolute Gasteiger partial charge is 0.123 e. The average molecular weight is 277 g/mol. The first-order valence-corrected chi connectivity index (χ1v) is 6.90. The number of nitrogen functional groups attached to an aromatic ring is 1. The highest BCUT2D eigenvalue weighted by Crippen LogP contribution is 2.27. The van der Waals surface area contributed by atoms with E-state index in [0.29, 0.717) is 5.69 Å². The van der Waals surface area contributed by atoms with E-state index in [4.69, 9.17) is 5.73 Å². The van der Waals surface area contributed by atoms with E-state index in [1.165, 1.54) is 23.3 Å². The van der Waals surface area contributed by atoms with E-state index in [1.807, 2.05) is 30.3 Å². The zero-order valence-electron chi connectivity index (χ0n) is 11.6. The molecule has 0 spiro atoms. The van der Waals surface area contributed by atoms with Crippen LogP contribution >= 0.6 is 0 Å². The summed E-state index contributed by atoms with van der Waals surface area (Å²) in [6.45, 7) is 0. The molecular weight excluding hydrogens is 261 g/mol. The molecule has 2 N–H and O–H groups in total. The van der Waals surface area contributed by atoms with Gasteiger partial charge in [0.15, 0.2) is 0 Å². The number of hydrogen-bond acceptors (Lipinski definition) is 1. The average Bonchev–Trinajstić information content (AvgIpc) is 2.52. The minimum Gasteiger partial charge on any atom is -0.398 e. The Morgan fingerprint density at radius 3 is 2.14 bits per heavy atom. The molecule has 0 saturated heterocycles. The minimum absolute atomic E-state index is 0.271. The Kier molecular flexibility index (Phi) is 3.69. The van der Waals surface area contributed by atoms with Crippen LogP contribution in [0.1, 0.15) is 11.1 Å². The number of halogens is 1. The zero-order valence-corrected chi connectivity index (χ0v) is 11.6. The highest BCUT2D eigenvalue weighted by Gasteiger charge is 2.04. The molecule has 1 nitrogen and oxygen atoms in total. The Balaban J connectivity index is 1.85. The Morgan fingerprint density at radius 2 is 1.43 bits per heavy atom. The molecule has 0 atom stereocenters. The summed E-state index contributed by atoms with van der Waals surface area (Å²) in [4.78, 5) is 0. The Labute approximate surface area is 123 Å². The molecule has 0 fully saturated rings. The second-order valence-corrected chi connectivity index (χ2v) is 5.09. The highest BCUT2D eigenvalue weighted by atomic mass is 19.1. The van der Waals surface area contributed by atoms with E-state index in [1.54, 1.807) is 6.07 Å². The van der Waals surface area contributed by atoms with Gasteiger partial charge in [0, 0.05) is 11.3 Å². The summed E-state index contributed by atoms with van der Waals surface area (Å²) in [6.07, 6.45) is 0.889. The number of anilines is 1. The van der Waals surface area contributed by atoms with Crippen LogP contribution in [0.15, 0.2) is 72.8 Å². The summed E-state index contributed by atoms with van der Waals surface area (Å²) in [5, 5.41) is 0. The Bertz CT molecular complexity index is 733. The molecule has 21 heavy (non-hydrogen) atoms. The van der Waals surface area contributed by atoms with Crippen molar-refractivity contribution >= 4 is 5.69 Å². The van der Waals surface area contributed by atoms with Crippen LogP contribution in [0, 0.1) is 5.82 Å². The van der Waals surface area contributed by atoms with Gasteiger partial charge in [0.2, 0.25) is 0 Å². The number of nitrogens with two attached hydrogens (primary N) is 1. The van der Waals surface area contributed by atoms with Crippen molar-refractivity contribution in [1.29, 1.82) is 0 Å². The lowest BCUT2D eigenvalue weighted by atomic mass is 9.99. The summed E-state index contributed by atoms with van der Waals surface area (Å²) in [5.41, 5.74) is 10.7. The summed E-state index contributed by atoms with van der Waals surface area (Å²) >= 11 is 0. The molecular formula is C19H16FN. The van der Waals surface area contributed by atoms with Gasteiger partial charge in [-0.05, 0) is 41.3 Å². The van der Waals surface area contributed by atoms with E-state index < -0.39 is 0 Å². The van der Waals surface area contributed by atoms with Crippen LogP contribution < -0.4 is 5.73 Å². The second kappa shape index (κ2) is 5.80. The van der Waals surface area contributed by atoms with E-state index in [0.717, 1.165) is 17.5 Å². The van der Waals surface area contributed by atoms with Gasteiger partial charge in [0.05, 0.1) is 0 Å². The lowest BCUT2D eigenvalue weighted by molar-refractivity contribution is 0.628. The number of benzene rings is 3. The van der Waals surface area contributed by atoms with E-state index in [9.17, 15) is 4.39 Å². The molecule has 3 aromatic rings. The summed E-state index contributed by atoms with van der Waals surface area (Å²) in [7, 11) is 0. The van der Waals surface area contributed by atoms with Crippen LogP contribution in [0.4, 0.5) is 10.1 Å². The van der Waals surface area contributed by atoms with Crippen LogP contribution in [0.3, 0.4) is 0 Å². The maximum absolute atomic E-state index is 13.3. The van der Waals surface area contributed by atoms with Crippen molar-refractivity contribution in [2.75, 3.05) is 5.73 Å². The van der Waals surface area contributed by atoms with Gasteiger partial charge in [-0.3, -0.25) is 0 Å². The standard InChI is InChI=1S/C19H16FN/c20-17-10-11-19(21)18(13-17)16-8-6-15(7-9-16)12-14-4-2-1-3-5-14/h1-11,13H,12,21H2. The first-order chi connectivity index (χ1) is 10.2. The molecule has 0 heterocycles. The fraction of sp³-hybridized carbons (Fsp3) is 0.0526. The lowest BCUT2D eigenvalue weighted by Gasteiger charge is -2.08. The van der Waals surface area contributed by atoms with Crippen molar-refractivity contribution in [2.45, 2.75) is 6.42 Å². The van der Waals surface area contributed by atoms with Gasteiger partial charge in [0.25, 0.3) is 0 Å². The van der Waals surface area contributed by atoms with Crippen molar-refractivity contribution in [3.8, 4) is 11.1 Å². The topological polar surface area (TPSA) is 26.0 Å². The molecule has 3 rings (SSSR count). The van der Waals surface area contributed by atoms with Gasteiger partial charge in [-0.15, -0.1) is 0 Å². The van der Waals surface area contributed by atoms with Crippen LogP contribution in [0.2, 0.25) is 0 Å². The maximum atomic E-state index is 13.3. The van der Waals surface area contributed by atoms with Crippen molar-refractivity contribution in [1.82, 2.24) is 0 Å². The highest BCUT2D eigenvalue weighted by molar-refractivity contribution is 5.76. The van der Waals surface area contributed by atoms with E-state index in [-0.39, 0.29) is 5.82 Å². The molecule has 2 heteroatoms. The Hall–Kier alpha value is -2.61. The molecule has 3 aromatic carbocycles. The molecule has 104 valence electrons. The fourth-order valence-corrected chi connectivity index (χ4v) is 2.41. The van der Waals surface area contributed by atoms with Gasteiger partial charge in [-0.1, -0.05) is 54.6 Å². The monoisotopic (exact) mass is 277 g/mol. The van der Waals surface area contributed by atoms with Gasteiger partial charge < -0.3 is 5.73 Å². The van der Waals surface area contributed by atoms with Gasteiger partial charge in [0.1, 0.15) is 5.82 Å². The third kappa shape index (κ3) is 3.11. The third-order valence-electron chi connectivity index (χ3n) is 3.53. The first-order valence-electron chi connectivity index (χ1n) is 6.90. The first kappa shape index (κ1) is 13.4. The largest absolute Gasteiger partial charge is 0.398 e. The quantitative estimate of drug-likeness (QED) is 0.692. The number of rotatable bonds is 3. The molecule has 0 saturated carbocycles. The van der Waals surface area contributed by atoms with Crippen molar-refractivity contribution < 1.29 is 4.39 Å². The minimum atomic E-state index is -0.271. The van der Waals surface area contributed by atoms with Crippen molar-refractivity contribution in [2.24, 2.45) is 0 Å². The fourth-order valence-electron chi connectivity index (χ4n) is 2.41. The number of hydrogen-bond donors (Lipinski definition) is 1. The second-order valence-electron chi connectivity index (χ2n) is 5.09. The summed E-state index contributed by atoms with van der Waals surface area (Å²) < 4.78 is 13.3. The molecule has 0 aliphatic rings. The molecule has 0 aliphatic heterocycles. The van der Waals surface area contributed by atoms with Crippen LogP contribution in [0.5, 0.6) is 0 Å². The van der Waals surface area contributed by atoms with Crippen LogP contribution in [-0.2, 0) is 6.42 Å². The van der Waals surface area contributed by atoms with Crippen LogP contribution in [-0.4, -0.2) is 0 Å². The predicted molar refractivity (Wildman–Crippen MR) is 85.5 cm³/mol. The molecule has 0 bridgehead atoms. The molecule has 0 aliphatic carbocycles. The predicted octanol–water partition coefficient (Wildman–Crippen LogP) is 4.67. The molecule has 0 radical (unpaired) electrons. The van der Waals surface area contributed by atoms with Gasteiger partial charge in [-0.25, -0.2) is 4.39 Å². The molecule has 0 amide bonds. The normalized spacial score (nSPS) is 10.5. The maximum Gasteiger partial charge on any atom is 0.123 e. The van der Waals surface area contributed by atoms with Crippen molar-refractivity contribution in [3.05, 3.63) is 89.7 Å². The Morgan fingerprint density at radius 1 is 0.762 bits per heavy atom. The van der Waals surface area contributed by atoms with E-state index in [2.05, 4.69) is 24.3 Å². The van der Waals surface area contributed by atoms with Crippen LogP contribution in [0.25, 0.3) is 11.1 Å².